The van der Waals surface area contributed by atoms with E-state index in [1.807, 2.05) is 0 Å². The quantitative estimate of drug-likeness (QED) is 0.750. The number of hydrogen-bond donors (Lipinski definition) is 2. The molecule has 0 saturated carbocycles. The van der Waals surface area contributed by atoms with Gasteiger partial charge in [-0.05, 0) is 12.5 Å². The van der Waals surface area contributed by atoms with Gasteiger partial charge in [-0.1, -0.05) is 0 Å². The summed E-state index contributed by atoms with van der Waals surface area (Å²) >= 11 is 0. The Kier molecular flexibility index (Phi) is 4.48. The standard InChI is InChI=1S/C12H18N4O4/c1-8(18)13-11-3-4-16(12(19)14-11)6-10-5-9(7-17)15(2)20-10/h3-4,9-10,17H,5-7H2,1-2H3,(H,13,14,18,19)/t9-,10+/m1/s1. The van der Waals surface area contributed by atoms with Crippen molar-refractivity contribution in [2.75, 3.05) is 19.0 Å². The Labute approximate surface area is 115 Å². The summed E-state index contributed by atoms with van der Waals surface area (Å²) in [5.74, 6) is -0.0439. The average Bonchev–Trinajstić information content (AvgIpc) is 2.72. The van der Waals surface area contributed by atoms with Crippen molar-refractivity contribution in [3.63, 3.8) is 0 Å². The first-order chi connectivity index (χ1) is 9.49. The predicted octanol–water partition coefficient (Wildman–Crippen LogP) is -0.802. The van der Waals surface area contributed by atoms with Crippen LogP contribution in [0.3, 0.4) is 0 Å². The smallest absolute Gasteiger partial charge is 0.349 e. The van der Waals surface area contributed by atoms with Crippen LogP contribution in [-0.2, 0) is 16.2 Å². The Hall–Kier alpha value is -1.77. The molecular weight excluding hydrogens is 264 g/mol. The van der Waals surface area contributed by atoms with E-state index in [-0.39, 0.29) is 30.5 Å². The molecule has 1 saturated heterocycles. The van der Waals surface area contributed by atoms with Gasteiger partial charge in [0.1, 0.15) is 5.82 Å². The van der Waals surface area contributed by atoms with E-state index in [2.05, 4.69) is 10.3 Å². The van der Waals surface area contributed by atoms with Crippen LogP contribution in [0.25, 0.3) is 0 Å². The number of rotatable bonds is 4. The second-order valence-electron chi connectivity index (χ2n) is 4.77. The zero-order valence-corrected chi connectivity index (χ0v) is 11.4. The van der Waals surface area contributed by atoms with E-state index in [4.69, 9.17) is 9.94 Å². The molecule has 1 aromatic rings. The predicted molar refractivity (Wildman–Crippen MR) is 70.9 cm³/mol. The third-order valence-corrected chi connectivity index (χ3v) is 3.15. The highest BCUT2D eigenvalue weighted by molar-refractivity contribution is 5.87. The van der Waals surface area contributed by atoms with Gasteiger partial charge < -0.3 is 10.4 Å². The summed E-state index contributed by atoms with van der Waals surface area (Å²) in [5.41, 5.74) is -0.449. The van der Waals surface area contributed by atoms with E-state index < -0.39 is 5.69 Å². The number of nitrogens with zero attached hydrogens (tertiary/aromatic N) is 3. The van der Waals surface area contributed by atoms with E-state index in [1.165, 1.54) is 11.5 Å². The summed E-state index contributed by atoms with van der Waals surface area (Å²) in [5, 5.41) is 13.2. The number of hydrogen-bond acceptors (Lipinski definition) is 6. The highest BCUT2D eigenvalue weighted by Crippen LogP contribution is 2.19. The van der Waals surface area contributed by atoms with Crippen LogP contribution < -0.4 is 11.0 Å². The minimum atomic E-state index is -0.449. The van der Waals surface area contributed by atoms with Gasteiger partial charge in [0.05, 0.1) is 25.3 Å². The van der Waals surface area contributed by atoms with Gasteiger partial charge in [0, 0.05) is 20.2 Å². The minimum Gasteiger partial charge on any atom is -0.395 e. The van der Waals surface area contributed by atoms with Gasteiger partial charge >= 0.3 is 5.69 Å². The molecule has 2 atom stereocenters. The molecule has 1 amide bonds. The maximum atomic E-state index is 11.8. The van der Waals surface area contributed by atoms with Crippen LogP contribution in [0.1, 0.15) is 13.3 Å². The van der Waals surface area contributed by atoms with Gasteiger partial charge in [-0.15, -0.1) is 0 Å². The Morgan fingerprint density at radius 1 is 1.65 bits per heavy atom. The van der Waals surface area contributed by atoms with E-state index >= 15 is 0 Å². The fourth-order valence-electron chi connectivity index (χ4n) is 2.15. The highest BCUT2D eigenvalue weighted by atomic mass is 16.7. The molecule has 2 heterocycles. The van der Waals surface area contributed by atoms with Gasteiger partial charge in [-0.3, -0.25) is 14.2 Å². The lowest BCUT2D eigenvalue weighted by atomic mass is 10.1. The van der Waals surface area contributed by atoms with E-state index in [1.54, 1.807) is 24.4 Å². The molecule has 0 aromatic carbocycles. The van der Waals surface area contributed by atoms with Gasteiger partial charge in [0.15, 0.2) is 0 Å². The Balaban J connectivity index is 2.04. The molecule has 0 bridgehead atoms. The fraction of sp³-hybridized carbons (Fsp3) is 0.583. The van der Waals surface area contributed by atoms with Gasteiger partial charge in [-0.2, -0.15) is 10.0 Å². The molecule has 0 spiro atoms. The SMILES string of the molecule is CC(=O)Nc1ccn(C[C@@H]2C[C@H](CO)N(C)O2)c(=O)n1. The summed E-state index contributed by atoms with van der Waals surface area (Å²) in [6, 6.07) is 1.51. The zero-order chi connectivity index (χ0) is 14.7. The van der Waals surface area contributed by atoms with Crippen LogP contribution in [0.4, 0.5) is 5.82 Å². The molecule has 2 N–H and O–H groups in total. The first-order valence-corrected chi connectivity index (χ1v) is 6.35. The lowest BCUT2D eigenvalue weighted by Gasteiger charge is -2.14. The summed E-state index contributed by atoms with van der Waals surface area (Å²) in [4.78, 5) is 32.0. The number of nitrogens with one attached hydrogen (secondary N) is 1. The third-order valence-electron chi connectivity index (χ3n) is 3.15. The Morgan fingerprint density at radius 2 is 2.40 bits per heavy atom. The molecule has 1 fully saturated rings. The molecule has 110 valence electrons. The summed E-state index contributed by atoms with van der Waals surface area (Å²) in [6.07, 6.45) is 2.03. The summed E-state index contributed by atoms with van der Waals surface area (Å²) < 4.78 is 1.42. The molecule has 0 radical (unpaired) electrons. The van der Waals surface area contributed by atoms with Crippen LogP contribution in [0.5, 0.6) is 0 Å². The summed E-state index contributed by atoms with van der Waals surface area (Å²) in [7, 11) is 1.75. The van der Waals surface area contributed by atoms with Gasteiger partial charge in [0.25, 0.3) is 0 Å². The lowest BCUT2D eigenvalue weighted by Crippen LogP contribution is -2.29. The second-order valence-corrected chi connectivity index (χ2v) is 4.77. The zero-order valence-electron chi connectivity index (χ0n) is 11.4. The number of hydroxylamine groups is 2. The fourth-order valence-corrected chi connectivity index (χ4v) is 2.15. The highest BCUT2D eigenvalue weighted by Gasteiger charge is 2.30. The molecular formula is C12H18N4O4. The number of anilines is 1. The van der Waals surface area contributed by atoms with Crippen molar-refractivity contribution >= 4 is 11.7 Å². The largest absolute Gasteiger partial charge is 0.395 e. The van der Waals surface area contributed by atoms with Crippen molar-refractivity contribution in [2.45, 2.75) is 32.0 Å². The normalized spacial score (nSPS) is 22.9. The molecule has 1 aromatic heterocycles. The van der Waals surface area contributed by atoms with Crippen LogP contribution in [0.15, 0.2) is 17.1 Å². The van der Waals surface area contributed by atoms with Crippen molar-refractivity contribution in [3.8, 4) is 0 Å². The second kappa shape index (κ2) is 6.12. The van der Waals surface area contributed by atoms with Crippen LogP contribution in [0.2, 0.25) is 0 Å². The minimum absolute atomic E-state index is 0.0155. The number of aliphatic hydroxyl groups is 1. The number of carbonyl (C=O) groups is 1. The molecule has 8 heteroatoms. The Bertz CT molecular complexity index is 545. The first kappa shape index (κ1) is 14.6. The molecule has 8 nitrogen and oxygen atoms in total. The van der Waals surface area contributed by atoms with Crippen molar-refractivity contribution in [2.24, 2.45) is 0 Å². The van der Waals surface area contributed by atoms with Crippen LogP contribution in [-0.4, -0.2) is 51.4 Å². The molecule has 0 unspecified atom stereocenters. The van der Waals surface area contributed by atoms with Crippen molar-refractivity contribution < 1.29 is 14.7 Å². The lowest BCUT2D eigenvalue weighted by molar-refractivity contribution is -0.151. The number of likely N-dealkylation sites (N-methyl/N-ethyl adjacent to an activating group) is 1. The van der Waals surface area contributed by atoms with Gasteiger partial charge in [0.2, 0.25) is 5.91 Å². The number of amides is 1. The van der Waals surface area contributed by atoms with Crippen molar-refractivity contribution in [1.82, 2.24) is 14.6 Å². The topological polar surface area (TPSA) is 96.7 Å². The van der Waals surface area contributed by atoms with E-state index in [9.17, 15) is 9.59 Å². The number of aromatic nitrogens is 2. The van der Waals surface area contributed by atoms with Crippen LogP contribution >= 0.6 is 0 Å². The molecule has 1 aliphatic rings. The van der Waals surface area contributed by atoms with Crippen LogP contribution in [0, 0.1) is 0 Å². The molecule has 0 aliphatic carbocycles. The summed E-state index contributed by atoms with van der Waals surface area (Å²) in [6.45, 7) is 1.72. The van der Waals surface area contributed by atoms with E-state index in [0.29, 0.717) is 13.0 Å². The Morgan fingerprint density at radius 3 is 2.95 bits per heavy atom. The van der Waals surface area contributed by atoms with Crippen molar-refractivity contribution in [3.05, 3.63) is 22.7 Å². The van der Waals surface area contributed by atoms with E-state index in [0.717, 1.165) is 0 Å². The molecule has 1 aliphatic heterocycles. The first-order valence-electron chi connectivity index (χ1n) is 6.35. The average molecular weight is 282 g/mol. The maximum Gasteiger partial charge on any atom is 0.349 e. The molecule has 20 heavy (non-hydrogen) atoms. The van der Waals surface area contributed by atoms with Crippen molar-refractivity contribution in [1.29, 1.82) is 0 Å². The number of carbonyl (C=O) groups excluding carboxylic acids is 1. The molecule has 2 rings (SSSR count). The maximum absolute atomic E-state index is 11.8. The van der Waals surface area contributed by atoms with Gasteiger partial charge in [-0.25, -0.2) is 4.79 Å². The third kappa shape index (κ3) is 3.41. The number of aliphatic hydroxyl groups excluding tert-OH is 1. The monoisotopic (exact) mass is 282 g/mol.